The maximum absolute atomic E-state index is 13.4. The minimum absolute atomic E-state index is 0.0729. The van der Waals surface area contributed by atoms with E-state index in [-0.39, 0.29) is 35.5 Å². The maximum Gasteiger partial charge on any atom is 0.267 e. The van der Waals surface area contributed by atoms with E-state index in [1.54, 1.807) is 19.2 Å². The number of carbonyl (C=O) groups is 2. The van der Waals surface area contributed by atoms with E-state index >= 15 is 0 Å². The predicted octanol–water partition coefficient (Wildman–Crippen LogP) is 4.94. The van der Waals surface area contributed by atoms with Gasteiger partial charge in [0.1, 0.15) is 17.3 Å². The number of methoxy groups -OCH3 is 1. The third kappa shape index (κ3) is 6.11. The van der Waals surface area contributed by atoms with E-state index in [1.807, 2.05) is 29.2 Å². The van der Waals surface area contributed by atoms with Crippen molar-refractivity contribution < 1.29 is 18.7 Å². The predicted molar refractivity (Wildman–Crippen MR) is 150 cm³/mol. The van der Waals surface area contributed by atoms with Gasteiger partial charge in [0.2, 0.25) is 5.91 Å². The van der Waals surface area contributed by atoms with Crippen LogP contribution in [0.2, 0.25) is 0 Å². The molecule has 2 amide bonds. The molecule has 1 atom stereocenters. The average Bonchev–Trinajstić information content (AvgIpc) is 3.38. The number of carbonyl (C=O) groups excluding carboxylic acids is 2. The highest BCUT2D eigenvalue weighted by molar-refractivity contribution is 5.98. The van der Waals surface area contributed by atoms with Crippen molar-refractivity contribution in [3.63, 3.8) is 0 Å². The van der Waals surface area contributed by atoms with Gasteiger partial charge in [-0.3, -0.25) is 9.59 Å². The molecule has 8 heteroatoms. The second-order valence-electron chi connectivity index (χ2n) is 11.2. The summed E-state index contributed by atoms with van der Waals surface area (Å²) in [5.41, 5.74) is 2.34. The summed E-state index contributed by atoms with van der Waals surface area (Å²) in [5, 5.41) is 4.19. The number of nitrogens with one attached hydrogen (secondary N) is 2. The number of aromatic amines is 1. The molecular weight excluding hydrogens is 495 g/mol. The number of halogens is 1. The molecule has 2 fully saturated rings. The molecule has 2 N–H and O–H groups in total. The van der Waals surface area contributed by atoms with Gasteiger partial charge in [-0.15, -0.1) is 0 Å². The molecule has 2 aliphatic rings. The lowest BCUT2D eigenvalue weighted by Crippen LogP contribution is -2.52. The van der Waals surface area contributed by atoms with E-state index in [1.165, 1.54) is 12.1 Å². The average molecular weight is 535 g/mol. The van der Waals surface area contributed by atoms with Crippen LogP contribution in [0.25, 0.3) is 10.9 Å². The fourth-order valence-electron chi connectivity index (χ4n) is 6.16. The number of benzene rings is 2. The Bertz CT molecular complexity index is 1290. The summed E-state index contributed by atoms with van der Waals surface area (Å²) in [6.07, 6.45) is 3.74. The lowest BCUT2D eigenvalue weighted by molar-refractivity contribution is -0.135. The van der Waals surface area contributed by atoms with Crippen LogP contribution in [0.15, 0.2) is 48.5 Å². The van der Waals surface area contributed by atoms with Gasteiger partial charge in [-0.1, -0.05) is 26.0 Å². The van der Waals surface area contributed by atoms with Crippen molar-refractivity contribution in [3.05, 3.63) is 65.6 Å². The molecule has 2 saturated heterocycles. The maximum atomic E-state index is 13.4. The largest absolute Gasteiger partial charge is 0.497 e. The first-order chi connectivity index (χ1) is 18.8. The highest BCUT2D eigenvalue weighted by Gasteiger charge is 2.34. The van der Waals surface area contributed by atoms with E-state index in [0.717, 1.165) is 74.1 Å². The van der Waals surface area contributed by atoms with E-state index < -0.39 is 0 Å². The Labute approximate surface area is 229 Å². The summed E-state index contributed by atoms with van der Waals surface area (Å²) in [7, 11) is 1.63. The molecule has 7 nitrogen and oxygen atoms in total. The number of amides is 2. The zero-order valence-electron chi connectivity index (χ0n) is 23.1. The Morgan fingerprint density at radius 1 is 0.974 bits per heavy atom. The fourth-order valence-corrected chi connectivity index (χ4v) is 6.16. The summed E-state index contributed by atoms with van der Waals surface area (Å²) in [6, 6.07) is 14.6. The molecule has 0 saturated carbocycles. The van der Waals surface area contributed by atoms with Crippen LogP contribution < -0.4 is 10.1 Å². The van der Waals surface area contributed by atoms with Gasteiger partial charge in [0, 0.05) is 55.2 Å². The minimum Gasteiger partial charge on any atom is -0.497 e. The second-order valence-corrected chi connectivity index (χ2v) is 11.2. The standard InChI is InChI=1S/C31H39FN4O3/c1-20(2)29(21-4-7-23(32)8-5-21)31(38)36-16-12-25(13-17-36)35-14-10-24(11-15-35)33-30(37)28-18-22-6-9-26(39-3)19-27(22)34-28/h4-9,18-20,24-25,29,34H,10-17H2,1-3H3,(H,33,37)/t29-/m0/s1. The number of rotatable bonds is 7. The summed E-state index contributed by atoms with van der Waals surface area (Å²) >= 11 is 0. The van der Waals surface area contributed by atoms with Crippen LogP contribution in [0.3, 0.4) is 0 Å². The molecule has 39 heavy (non-hydrogen) atoms. The number of likely N-dealkylation sites (tertiary alicyclic amines) is 2. The number of nitrogens with zero attached hydrogens (tertiary/aromatic N) is 2. The lowest BCUT2D eigenvalue weighted by Gasteiger charge is -2.42. The number of hydrogen-bond acceptors (Lipinski definition) is 4. The van der Waals surface area contributed by atoms with Crippen LogP contribution in [0, 0.1) is 11.7 Å². The number of aromatic nitrogens is 1. The van der Waals surface area contributed by atoms with Gasteiger partial charge < -0.3 is 24.8 Å². The van der Waals surface area contributed by atoms with Crippen molar-refractivity contribution in [1.82, 2.24) is 20.1 Å². The van der Waals surface area contributed by atoms with Crippen LogP contribution in [0.5, 0.6) is 5.75 Å². The van der Waals surface area contributed by atoms with Crippen molar-refractivity contribution in [3.8, 4) is 5.75 Å². The monoisotopic (exact) mass is 534 g/mol. The highest BCUT2D eigenvalue weighted by atomic mass is 19.1. The van der Waals surface area contributed by atoms with Crippen molar-refractivity contribution in [2.45, 2.75) is 57.5 Å². The molecule has 3 aromatic rings. The molecule has 2 aromatic carbocycles. The van der Waals surface area contributed by atoms with Crippen LogP contribution in [-0.4, -0.2) is 72.0 Å². The van der Waals surface area contributed by atoms with Crippen LogP contribution in [-0.2, 0) is 4.79 Å². The van der Waals surface area contributed by atoms with E-state index in [0.29, 0.717) is 11.7 Å². The molecule has 1 aromatic heterocycles. The lowest BCUT2D eigenvalue weighted by atomic mass is 9.86. The first-order valence-electron chi connectivity index (χ1n) is 14.1. The molecule has 208 valence electrons. The normalized spacial score (nSPS) is 18.4. The van der Waals surface area contributed by atoms with Crippen molar-refractivity contribution >= 4 is 22.7 Å². The molecule has 0 radical (unpaired) electrons. The van der Waals surface area contributed by atoms with Gasteiger partial charge in [0.25, 0.3) is 5.91 Å². The molecule has 2 aliphatic heterocycles. The molecule has 0 bridgehead atoms. The smallest absolute Gasteiger partial charge is 0.267 e. The fraction of sp³-hybridized carbons (Fsp3) is 0.484. The summed E-state index contributed by atoms with van der Waals surface area (Å²) in [5.74, 6) is 0.439. The number of ether oxygens (including phenoxy) is 1. The SMILES string of the molecule is COc1ccc2cc(C(=O)NC3CCN(C4CCN(C(=O)[C@H](c5ccc(F)cc5)C(C)C)CC4)CC3)[nH]c2c1. The summed E-state index contributed by atoms with van der Waals surface area (Å²) < 4.78 is 18.7. The van der Waals surface area contributed by atoms with Gasteiger partial charge in [-0.25, -0.2) is 4.39 Å². The first kappa shape index (κ1) is 27.2. The quantitative estimate of drug-likeness (QED) is 0.450. The Kier molecular flexibility index (Phi) is 8.21. The molecule has 0 spiro atoms. The third-order valence-electron chi connectivity index (χ3n) is 8.39. The van der Waals surface area contributed by atoms with Gasteiger partial charge in [0.05, 0.1) is 13.0 Å². The van der Waals surface area contributed by atoms with Crippen LogP contribution >= 0.6 is 0 Å². The molecule has 5 rings (SSSR count). The van der Waals surface area contributed by atoms with Gasteiger partial charge in [-0.2, -0.15) is 0 Å². The molecule has 0 unspecified atom stereocenters. The second kappa shape index (κ2) is 11.8. The third-order valence-corrected chi connectivity index (χ3v) is 8.39. The van der Waals surface area contributed by atoms with E-state index in [2.05, 4.69) is 29.0 Å². The Hall–Kier alpha value is -3.39. The Morgan fingerprint density at radius 3 is 2.31 bits per heavy atom. The zero-order valence-corrected chi connectivity index (χ0v) is 23.1. The minimum atomic E-state index is -0.281. The van der Waals surface area contributed by atoms with E-state index in [4.69, 9.17) is 4.74 Å². The zero-order chi connectivity index (χ0) is 27.5. The van der Waals surface area contributed by atoms with Crippen molar-refractivity contribution in [1.29, 1.82) is 0 Å². The van der Waals surface area contributed by atoms with Gasteiger partial charge >= 0.3 is 0 Å². The Balaban J connectivity index is 1.10. The molecular formula is C31H39FN4O3. The Morgan fingerprint density at radius 2 is 1.67 bits per heavy atom. The summed E-state index contributed by atoms with van der Waals surface area (Å²) in [4.78, 5) is 34.1. The van der Waals surface area contributed by atoms with Crippen molar-refractivity contribution in [2.24, 2.45) is 5.92 Å². The number of piperidine rings is 2. The number of fused-ring (bicyclic) bond motifs is 1. The molecule has 3 heterocycles. The first-order valence-corrected chi connectivity index (χ1v) is 14.1. The van der Waals surface area contributed by atoms with Crippen LogP contribution in [0.1, 0.15) is 61.5 Å². The number of hydrogen-bond donors (Lipinski definition) is 2. The summed E-state index contributed by atoms with van der Waals surface area (Å²) in [6.45, 7) is 7.48. The van der Waals surface area contributed by atoms with Crippen molar-refractivity contribution in [2.75, 3.05) is 33.3 Å². The highest BCUT2D eigenvalue weighted by Crippen LogP contribution is 2.30. The number of H-pyrrole nitrogens is 1. The van der Waals surface area contributed by atoms with E-state index in [9.17, 15) is 14.0 Å². The topological polar surface area (TPSA) is 77.7 Å². The molecule has 0 aliphatic carbocycles. The van der Waals surface area contributed by atoms with Crippen LogP contribution in [0.4, 0.5) is 4.39 Å². The van der Waals surface area contributed by atoms with Gasteiger partial charge in [-0.05, 0) is 67.5 Å². The van der Waals surface area contributed by atoms with Gasteiger partial charge in [0.15, 0.2) is 0 Å².